The van der Waals surface area contributed by atoms with Gasteiger partial charge in [0.05, 0.1) is 6.61 Å². The van der Waals surface area contributed by atoms with E-state index < -0.39 is 5.97 Å². The van der Waals surface area contributed by atoms with E-state index in [0.717, 1.165) is 0 Å². The van der Waals surface area contributed by atoms with Crippen molar-refractivity contribution in [1.82, 2.24) is 10.2 Å². The molecule has 0 saturated carbocycles. The van der Waals surface area contributed by atoms with Crippen molar-refractivity contribution in [2.45, 2.75) is 38.6 Å². The van der Waals surface area contributed by atoms with Crippen LogP contribution in [0.25, 0.3) is 0 Å². The molecule has 1 fully saturated rings. The molecule has 0 spiro atoms. The number of carbonyl (C=O) groups is 3. The SMILES string of the molecule is CCOC(=O)N1CCC(NC(=O)CCC(=O)[O-])CC1. The lowest BCUT2D eigenvalue weighted by atomic mass is 10.1. The topological polar surface area (TPSA) is 98.8 Å². The van der Waals surface area contributed by atoms with Gasteiger partial charge in [0.15, 0.2) is 0 Å². The van der Waals surface area contributed by atoms with E-state index in [9.17, 15) is 19.5 Å². The van der Waals surface area contributed by atoms with Gasteiger partial charge in [0, 0.05) is 31.5 Å². The number of hydrogen-bond acceptors (Lipinski definition) is 5. The van der Waals surface area contributed by atoms with E-state index in [1.807, 2.05) is 0 Å². The summed E-state index contributed by atoms with van der Waals surface area (Å²) in [5.41, 5.74) is 0. The van der Waals surface area contributed by atoms with Gasteiger partial charge >= 0.3 is 6.09 Å². The molecule has 1 aliphatic heterocycles. The molecule has 0 unspecified atom stereocenters. The minimum atomic E-state index is -1.23. The maximum Gasteiger partial charge on any atom is 0.409 e. The highest BCUT2D eigenvalue weighted by atomic mass is 16.6. The Balaban J connectivity index is 2.24. The Bertz CT molecular complexity index is 337. The van der Waals surface area contributed by atoms with Crippen LogP contribution < -0.4 is 10.4 Å². The third kappa shape index (κ3) is 5.58. The van der Waals surface area contributed by atoms with Crippen molar-refractivity contribution in [2.24, 2.45) is 0 Å². The quantitative estimate of drug-likeness (QED) is 0.709. The van der Waals surface area contributed by atoms with E-state index in [0.29, 0.717) is 32.5 Å². The fourth-order valence-electron chi connectivity index (χ4n) is 1.94. The summed E-state index contributed by atoms with van der Waals surface area (Å²) < 4.78 is 4.89. The lowest BCUT2D eigenvalue weighted by molar-refractivity contribution is -0.305. The molecule has 0 aromatic heterocycles. The zero-order chi connectivity index (χ0) is 14.3. The zero-order valence-corrected chi connectivity index (χ0v) is 11.0. The average molecular weight is 271 g/mol. The van der Waals surface area contributed by atoms with Gasteiger partial charge in [0.1, 0.15) is 0 Å². The van der Waals surface area contributed by atoms with Gasteiger partial charge in [-0.05, 0) is 26.2 Å². The molecule has 0 aromatic carbocycles. The normalized spacial score (nSPS) is 15.9. The van der Waals surface area contributed by atoms with Crippen LogP contribution in [0.1, 0.15) is 32.6 Å². The number of likely N-dealkylation sites (tertiary alicyclic amines) is 1. The fourth-order valence-corrected chi connectivity index (χ4v) is 1.94. The smallest absolute Gasteiger partial charge is 0.409 e. The van der Waals surface area contributed by atoms with E-state index >= 15 is 0 Å². The molecule has 2 amide bonds. The van der Waals surface area contributed by atoms with Gasteiger partial charge in [-0.1, -0.05) is 0 Å². The van der Waals surface area contributed by atoms with Crippen LogP contribution in [0.4, 0.5) is 4.79 Å². The molecule has 108 valence electrons. The van der Waals surface area contributed by atoms with Gasteiger partial charge in [0.25, 0.3) is 0 Å². The molecule has 1 heterocycles. The number of carbonyl (C=O) groups excluding carboxylic acids is 3. The average Bonchev–Trinajstić information content (AvgIpc) is 2.37. The molecular formula is C12H19N2O5-. The second-order valence-electron chi connectivity index (χ2n) is 4.40. The largest absolute Gasteiger partial charge is 0.550 e. The number of carboxylic acids is 1. The Kier molecular flexibility index (Phi) is 6.11. The highest BCUT2D eigenvalue weighted by molar-refractivity contribution is 5.80. The molecule has 0 bridgehead atoms. The molecule has 7 nitrogen and oxygen atoms in total. The molecule has 19 heavy (non-hydrogen) atoms. The Morgan fingerprint density at radius 3 is 2.42 bits per heavy atom. The van der Waals surface area contributed by atoms with Crippen LogP contribution in [0.15, 0.2) is 0 Å². The maximum atomic E-state index is 11.4. The van der Waals surface area contributed by atoms with Crippen LogP contribution >= 0.6 is 0 Å². The molecule has 0 radical (unpaired) electrons. The molecular weight excluding hydrogens is 252 g/mol. The van der Waals surface area contributed by atoms with Crippen LogP contribution in [0.2, 0.25) is 0 Å². The molecule has 0 atom stereocenters. The number of ether oxygens (including phenoxy) is 1. The van der Waals surface area contributed by atoms with Crippen molar-refractivity contribution in [2.75, 3.05) is 19.7 Å². The van der Waals surface area contributed by atoms with Crippen molar-refractivity contribution >= 4 is 18.0 Å². The van der Waals surface area contributed by atoms with E-state index in [4.69, 9.17) is 4.74 Å². The molecule has 1 N–H and O–H groups in total. The zero-order valence-electron chi connectivity index (χ0n) is 11.0. The van der Waals surface area contributed by atoms with E-state index in [1.54, 1.807) is 11.8 Å². The Morgan fingerprint density at radius 2 is 1.89 bits per heavy atom. The first-order valence-electron chi connectivity index (χ1n) is 6.43. The number of rotatable bonds is 5. The lowest BCUT2D eigenvalue weighted by Crippen LogP contribution is -2.46. The van der Waals surface area contributed by atoms with Crippen molar-refractivity contribution in [3.63, 3.8) is 0 Å². The summed E-state index contributed by atoms with van der Waals surface area (Å²) in [6.45, 7) is 3.16. The predicted molar refractivity (Wildman–Crippen MR) is 64.0 cm³/mol. The van der Waals surface area contributed by atoms with E-state index in [-0.39, 0.29) is 30.9 Å². The summed E-state index contributed by atoms with van der Waals surface area (Å²) in [5.74, 6) is -1.52. The number of nitrogens with zero attached hydrogens (tertiary/aromatic N) is 1. The minimum Gasteiger partial charge on any atom is -0.550 e. The second-order valence-corrected chi connectivity index (χ2v) is 4.40. The number of hydrogen-bond donors (Lipinski definition) is 1. The molecule has 1 aliphatic rings. The molecule has 1 saturated heterocycles. The third-order valence-electron chi connectivity index (χ3n) is 2.94. The molecule has 1 rings (SSSR count). The summed E-state index contributed by atoms with van der Waals surface area (Å²) in [6, 6.07) is -0.0140. The van der Waals surface area contributed by atoms with Crippen LogP contribution in [-0.4, -0.2) is 48.6 Å². The Labute approximate surface area is 111 Å². The number of amides is 2. The molecule has 0 aliphatic carbocycles. The minimum absolute atomic E-state index is 0.0140. The first-order valence-corrected chi connectivity index (χ1v) is 6.43. The van der Waals surface area contributed by atoms with E-state index in [1.165, 1.54) is 0 Å². The molecule has 0 aromatic rings. The second kappa shape index (κ2) is 7.60. The summed E-state index contributed by atoms with van der Waals surface area (Å²) in [6.07, 6.45) is 0.629. The predicted octanol–water partition coefficient (Wildman–Crippen LogP) is -0.746. The number of aliphatic carboxylic acids is 1. The Hall–Kier alpha value is -1.79. The van der Waals surface area contributed by atoms with Crippen molar-refractivity contribution < 1.29 is 24.2 Å². The number of piperidine rings is 1. The van der Waals surface area contributed by atoms with Crippen molar-refractivity contribution in [1.29, 1.82) is 0 Å². The van der Waals surface area contributed by atoms with Gasteiger partial charge < -0.3 is 24.9 Å². The highest BCUT2D eigenvalue weighted by Gasteiger charge is 2.24. The van der Waals surface area contributed by atoms with Gasteiger partial charge in [-0.3, -0.25) is 4.79 Å². The van der Waals surface area contributed by atoms with Crippen LogP contribution in [0.3, 0.4) is 0 Å². The number of carboxylic acid groups (broad SMARTS) is 1. The maximum absolute atomic E-state index is 11.4. The lowest BCUT2D eigenvalue weighted by Gasteiger charge is -2.31. The summed E-state index contributed by atoms with van der Waals surface area (Å²) in [4.78, 5) is 34.7. The van der Waals surface area contributed by atoms with Crippen molar-refractivity contribution in [3.8, 4) is 0 Å². The van der Waals surface area contributed by atoms with Crippen molar-refractivity contribution in [3.05, 3.63) is 0 Å². The van der Waals surface area contributed by atoms with Crippen LogP contribution in [-0.2, 0) is 14.3 Å². The van der Waals surface area contributed by atoms with Gasteiger partial charge in [0.2, 0.25) is 5.91 Å². The van der Waals surface area contributed by atoms with E-state index in [2.05, 4.69) is 5.32 Å². The fraction of sp³-hybridized carbons (Fsp3) is 0.750. The first-order chi connectivity index (χ1) is 9.02. The standard InChI is InChI=1S/C12H20N2O5/c1-2-19-12(18)14-7-5-9(6-8-14)13-10(15)3-4-11(16)17/h9H,2-8H2,1H3,(H,13,15)(H,16,17)/p-1. The van der Waals surface area contributed by atoms with Crippen LogP contribution in [0, 0.1) is 0 Å². The highest BCUT2D eigenvalue weighted by Crippen LogP contribution is 2.11. The summed E-state index contributed by atoms with van der Waals surface area (Å²) in [5, 5.41) is 13.0. The van der Waals surface area contributed by atoms with Gasteiger partial charge in [-0.2, -0.15) is 0 Å². The van der Waals surface area contributed by atoms with Gasteiger partial charge in [-0.25, -0.2) is 4.79 Å². The van der Waals surface area contributed by atoms with Gasteiger partial charge in [-0.15, -0.1) is 0 Å². The summed E-state index contributed by atoms with van der Waals surface area (Å²) >= 11 is 0. The molecule has 7 heteroatoms. The summed E-state index contributed by atoms with van der Waals surface area (Å²) in [7, 11) is 0. The Morgan fingerprint density at radius 1 is 1.26 bits per heavy atom. The van der Waals surface area contributed by atoms with Crippen LogP contribution in [0.5, 0.6) is 0 Å². The third-order valence-corrected chi connectivity index (χ3v) is 2.94. The first kappa shape index (κ1) is 15.3. The number of nitrogens with one attached hydrogen (secondary N) is 1. The monoisotopic (exact) mass is 271 g/mol.